The van der Waals surface area contributed by atoms with Crippen LogP contribution in [0.15, 0.2) is 34.2 Å². The summed E-state index contributed by atoms with van der Waals surface area (Å²) in [6.07, 6.45) is 2.67. The molecule has 1 amide bonds. The van der Waals surface area contributed by atoms with E-state index in [2.05, 4.69) is 10.3 Å². The minimum atomic E-state index is -0.340. The van der Waals surface area contributed by atoms with Crippen molar-refractivity contribution in [2.75, 3.05) is 11.6 Å². The highest BCUT2D eigenvalue weighted by Gasteiger charge is 2.16. The van der Waals surface area contributed by atoms with Crippen LogP contribution in [0.5, 0.6) is 0 Å². The van der Waals surface area contributed by atoms with Crippen molar-refractivity contribution in [2.45, 2.75) is 25.0 Å². The van der Waals surface area contributed by atoms with E-state index in [4.69, 9.17) is 23.2 Å². The Balaban J connectivity index is 1.91. The van der Waals surface area contributed by atoms with Gasteiger partial charge in [0.15, 0.2) is 5.16 Å². The SMILES string of the molecule is CCc1cc2c(=O)n(CC(=O)Nc3ccc(Cl)c(Cl)c3)c(SC)nc2s1. The van der Waals surface area contributed by atoms with E-state index in [1.165, 1.54) is 27.7 Å². The van der Waals surface area contributed by atoms with Crippen molar-refractivity contribution < 1.29 is 4.79 Å². The van der Waals surface area contributed by atoms with Gasteiger partial charge in [-0.15, -0.1) is 11.3 Å². The van der Waals surface area contributed by atoms with Crippen LogP contribution in [0.3, 0.4) is 0 Å². The fourth-order valence-electron chi connectivity index (χ4n) is 2.43. The molecule has 0 saturated heterocycles. The van der Waals surface area contributed by atoms with Gasteiger partial charge in [0.05, 0.1) is 15.4 Å². The van der Waals surface area contributed by atoms with Crippen LogP contribution in [-0.2, 0) is 17.8 Å². The second kappa shape index (κ2) is 8.00. The number of carbonyl (C=O) groups is 1. The molecular weight excluding hydrogens is 413 g/mol. The molecule has 2 aromatic heterocycles. The molecule has 0 unspecified atom stereocenters. The van der Waals surface area contributed by atoms with Crippen LogP contribution in [0.25, 0.3) is 10.2 Å². The molecule has 136 valence electrons. The normalized spacial score (nSPS) is 11.1. The van der Waals surface area contributed by atoms with Gasteiger partial charge < -0.3 is 5.32 Å². The number of hydrogen-bond donors (Lipinski definition) is 1. The van der Waals surface area contributed by atoms with Crippen LogP contribution in [0, 0.1) is 0 Å². The van der Waals surface area contributed by atoms with E-state index in [0.29, 0.717) is 31.1 Å². The molecule has 0 radical (unpaired) electrons. The fourth-order valence-corrected chi connectivity index (χ4v) is 4.30. The molecule has 0 bridgehead atoms. The van der Waals surface area contributed by atoms with Crippen LogP contribution >= 0.6 is 46.3 Å². The summed E-state index contributed by atoms with van der Waals surface area (Å²) in [5.74, 6) is -0.340. The van der Waals surface area contributed by atoms with Gasteiger partial charge in [-0.3, -0.25) is 14.2 Å². The van der Waals surface area contributed by atoms with Gasteiger partial charge in [-0.05, 0) is 36.9 Å². The predicted octanol–water partition coefficient (Wildman–Crippen LogP) is 4.69. The average Bonchev–Trinajstić information content (AvgIpc) is 3.04. The average molecular weight is 428 g/mol. The second-order valence-corrected chi connectivity index (χ2v) is 8.15. The Kier molecular flexibility index (Phi) is 5.92. The highest BCUT2D eigenvalue weighted by molar-refractivity contribution is 7.98. The first-order valence-electron chi connectivity index (χ1n) is 7.75. The van der Waals surface area contributed by atoms with Crippen molar-refractivity contribution in [1.82, 2.24) is 9.55 Å². The van der Waals surface area contributed by atoms with E-state index in [1.54, 1.807) is 18.2 Å². The summed E-state index contributed by atoms with van der Waals surface area (Å²) >= 11 is 14.7. The summed E-state index contributed by atoms with van der Waals surface area (Å²) in [7, 11) is 0. The van der Waals surface area contributed by atoms with Crippen molar-refractivity contribution in [3.63, 3.8) is 0 Å². The third-order valence-electron chi connectivity index (χ3n) is 3.70. The Morgan fingerprint density at radius 2 is 2.08 bits per heavy atom. The van der Waals surface area contributed by atoms with Crippen molar-refractivity contribution >= 4 is 68.1 Å². The summed E-state index contributed by atoms with van der Waals surface area (Å²) in [5.41, 5.74) is 0.306. The first-order chi connectivity index (χ1) is 12.4. The molecule has 5 nitrogen and oxygen atoms in total. The Labute approximate surface area is 168 Å². The number of nitrogens with zero attached hydrogens (tertiary/aromatic N) is 2. The highest BCUT2D eigenvalue weighted by Crippen LogP contribution is 2.26. The van der Waals surface area contributed by atoms with Crippen molar-refractivity contribution in [1.29, 1.82) is 0 Å². The number of hydrogen-bond acceptors (Lipinski definition) is 5. The van der Waals surface area contributed by atoms with Crippen molar-refractivity contribution in [3.8, 4) is 0 Å². The van der Waals surface area contributed by atoms with Crippen LogP contribution in [0.1, 0.15) is 11.8 Å². The van der Waals surface area contributed by atoms with E-state index in [0.717, 1.165) is 11.3 Å². The lowest BCUT2D eigenvalue weighted by Crippen LogP contribution is -2.29. The summed E-state index contributed by atoms with van der Waals surface area (Å²) in [5, 5.41) is 4.54. The molecule has 0 saturated carbocycles. The molecule has 26 heavy (non-hydrogen) atoms. The number of carbonyl (C=O) groups excluding carboxylic acids is 1. The van der Waals surface area contributed by atoms with E-state index < -0.39 is 0 Å². The van der Waals surface area contributed by atoms with E-state index in [-0.39, 0.29) is 18.0 Å². The molecule has 9 heteroatoms. The zero-order chi connectivity index (χ0) is 18.8. The van der Waals surface area contributed by atoms with E-state index >= 15 is 0 Å². The van der Waals surface area contributed by atoms with Gasteiger partial charge in [0.25, 0.3) is 5.56 Å². The lowest BCUT2D eigenvalue weighted by atomic mass is 10.3. The smallest absolute Gasteiger partial charge is 0.263 e. The van der Waals surface area contributed by atoms with Crippen LogP contribution in [0.2, 0.25) is 10.0 Å². The summed E-state index contributed by atoms with van der Waals surface area (Å²) in [4.78, 5) is 31.6. The monoisotopic (exact) mass is 427 g/mol. The Hall–Kier alpha value is -1.54. The molecule has 3 rings (SSSR count). The van der Waals surface area contributed by atoms with Gasteiger partial charge >= 0.3 is 0 Å². The third-order valence-corrected chi connectivity index (χ3v) is 6.29. The molecule has 0 atom stereocenters. The molecule has 1 aromatic carbocycles. The number of aryl methyl sites for hydroxylation is 1. The second-order valence-electron chi connectivity index (χ2n) is 5.45. The molecular formula is C17H15Cl2N3O2S2. The van der Waals surface area contributed by atoms with Gasteiger partial charge in [-0.2, -0.15) is 0 Å². The van der Waals surface area contributed by atoms with Gasteiger partial charge in [-0.1, -0.05) is 41.9 Å². The fraction of sp³-hybridized carbons (Fsp3) is 0.235. The Bertz CT molecular complexity index is 1050. The van der Waals surface area contributed by atoms with E-state index in [1.807, 2.05) is 19.2 Å². The van der Waals surface area contributed by atoms with Gasteiger partial charge in [-0.25, -0.2) is 4.98 Å². The molecule has 2 heterocycles. The van der Waals surface area contributed by atoms with Crippen molar-refractivity contribution in [2.24, 2.45) is 0 Å². The number of thioether (sulfide) groups is 1. The van der Waals surface area contributed by atoms with Gasteiger partial charge in [0.1, 0.15) is 11.4 Å². The first kappa shape index (κ1) is 19.2. The summed E-state index contributed by atoms with van der Waals surface area (Å²) in [6, 6.07) is 6.67. The number of anilines is 1. The number of benzene rings is 1. The zero-order valence-corrected chi connectivity index (χ0v) is 17.2. The quantitative estimate of drug-likeness (QED) is 0.473. The Morgan fingerprint density at radius 3 is 2.73 bits per heavy atom. The number of fused-ring (bicyclic) bond motifs is 1. The highest BCUT2D eigenvalue weighted by atomic mass is 35.5. The maximum Gasteiger partial charge on any atom is 0.263 e. The standard InChI is InChI=1S/C17H15Cl2N3O2S2/c1-3-10-7-11-15(26-10)21-17(25-2)22(16(11)24)8-14(23)20-9-4-5-12(18)13(19)6-9/h4-7H,3,8H2,1-2H3,(H,20,23). The molecule has 3 aromatic rings. The molecule has 0 aliphatic carbocycles. The summed E-state index contributed by atoms with van der Waals surface area (Å²) < 4.78 is 1.39. The lowest BCUT2D eigenvalue weighted by Gasteiger charge is -2.11. The topological polar surface area (TPSA) is 64.0 Å². The van der Waals surface area contributed by atoms with Crippen molar-refractivity contribution in [3.05, 3.63) is 49.5 Å². The largest absolute Gasteiger partial charge is 0.324 e. The van der Waals surface area contributed by atoms with E-state index in [9.17, 15) is 9.59 Å². The first-order valence-corrected chi connectivity index (χ1v) is 10.5. The minimum absolute atomic E-state index is 0.129. The maximum absolute atomic E-state index is 12.8. The molecule has 0 spiro atoms. The number of aromatic nitrogens is 2. The molecule has 0 aliphatic rings. The molecule has 0 fully saturated rings. The number of thiophene rings is 1. The van der Waals surface area contributed by atoms with Crippen LogP contribution < -0.4 is 10.9 Å². The van der Waals surface area contributed by atoms with Crippen LogP contribution in [0.4, 0.5) is 5.69 Å². The molecule has 0 aliphatic heterocycles. The predicted molar refractivity (Wildman–Crippen MR) is 110 cm³/mol. The minimum Gasteiger partial charge on any atom is -0.324 e. The zero-order valence-electron chi connectivity index (χ0n) is 14.0. The number of rotatable bonds is 5. The number of halogens is 2. The number of amides is 1. The van der Waals surface area contributed by atoms with Gasteiger partial charge in [0, 0.05) is 10.6 Å². The maximum atomic E-state index is 12.8. The summed E-state index contributed by atoms with van der Waals surface area (Å²) in [6.45, 7) is 1.90. The lowest BCUT2D eigenvalue weighted by molar-refractivity contribution is -0.116. The number of nitrogens with one attached hydrogen (secondary N) is 1. The van der Waals surface area contributed by atoms with Crippen LogP contribution in [-0.4, -0.2) is 21.7 Å². The third kappa shape index (κ3) is 3.91. The van der Waals surface area contributed by atoms with Gasteiger partial charge in [0.2, 0.25) is 5.91 Å². The molecule has 1 N–H and O–H groups in total. The Morgan fingerprint density at radius 1 is 1.31 bits per heavy atom.